The van der Waals surface area contributed by atoms with E-state index >= 15 is 0 Å². The predicted octanol–water partition coefficient (Wildman–Crippen LogP) is 3.75. The first-order valence-corrected chi connectivity index (χ1v) is 11.3. The van der Waals surface area contributed by atoms with Crippen LogP contribution in [0.5, 0.6) is 5.75 Å². The summed E-state index contributed by atoms with van der Waals surface area (Å²) in [5.74, 6) is 0.833. The number of aromatic nitrogens is 2. The van der Waals surface area contributed by atoms with Crippen molar-refractivity contribution in [2.24, 2.45) is 0 Å². The summed E-state index contributed by atoms with van der Waals surface area (Å²) in [7, 11) is 3.75. The molecule has 1 fully saturated rings. The molecule has 3 aromatic rings. The Kier molecular flexibility index (Phi) is 5.96. The van der Waals surface area contributed by atoms with Crippen molar-refractivity contribution >= 4 is 11.6 Å². The molecule has 1 unspecified atom stereocenters. The van der Waals surface area contributed by atoms with E-state index in [0.29, 0.717) is 19.7 Å². The number of rotatable bonds is 4. The molecule has 5 rings (SSSR count). The van der Waals surface area contributed by atoms with Gasteiger partial charge in [-0.05, 0) is 60.9 Å². The van der Waals surface area contributed by atoms with Gasteiger partial charge in [-0.1, -0.05) is 0 Å². The molecule has 33 heavy (non-hydrogen) atoms. The molecule has 0 N–H and O–H groups in total. The minimum atomic E-state index is -0.308. The fraction of sp³-hybridized carbons (Fsp3) is 0.346. The van der Waals surface area contributed by atoms with Gasteiger partial charge in [-0.15, -0.1) is 0 Å². The third kappa shape index (κ3) is 4.41. The molecule has 1 amide bonds. The van der Waals surface area contributed by atoms with Crippen LogP contribution in [-0.4, -0.2) is 61.2 Å². The number of fused-ring (bicyclic) bond motifs is 1. The maximum absolute atomic E-state index is 13.3. The average Bonchev–Trinajstić information content (AvgIpc) is 2.88. The van der Waals surface area contributed by atoms with Gasteiger partial charge in [-0.25, -0.2) is 4.98 Å². The van der Waals surface area contributed by atoms with Crippen molar-refractivity contribution in [1.82, 2.24) is 14.9 Å². The van der Waals surface area contributed by atoms with Crippen LogP contribution in [0.25, 0.3) is 11.3 Å². The number of amides is 1. The third-order valence-corrected chi connectivity index (χ3v) is 6.40. The monoisotopic (exact) mass is 444 g/mol. The second-order valence-corrected chi connectivity index (χ2v) is 8.54. The zero-order chi connectivity index (χ0) is 22.8. The second-order valence-electron chi connectivity index (χ2n) is 8.54. The number of aryl methyl sites for hydroxylation is 1. The summed E-state index contributed by atoms with van der Waals surface area (Å²) in [4.78, 5) is 26.6. The lowest BCUT2D eigenvalue weighted by atomic mass is 9.99. The number of benzene rings is 2. The molecule has 0 bridgehead atoms. The van der Waals surface area contributed by atoms with Crippen molar-refractivity contribution in [2.45, 2.75) is 18.9 Å². The van der Waals surface area contributed by atoms with Crippen LogP contribution in [0, 0.1) is 0 Å². The molecule has 0 aliphatic carbocycles. The van der Waals surface area contributed by atoms with Crippen molar-refractivity contribution in [1.29, 1.82) is 0 Å². The molecule has 7 heteroatoms. The van der Waals surface area contributed by atoms with E-state index < -0.39 is 0 Å². The topological polar surface area (TPSA) is 67.8 Å². The van der Waals surface area contributed by atoms with Crippen molar-refractivity contribution in [3.05, 3.63) is 71.7 Å². The van der Waals surface area contributed by atoms with Gasteiger partial charge in [0.25, 0.3) is 5.91 Å². The van der Waals surface area contributed by atoms with Crippen molar-refractivity contribution < 1.29 is 14.3 Å². The summed E-state index contributed by atoms with van der Waals surface area (Å²) in [5.41, 5.74) is 5.66. The molecule has 0 saturated carbocycles. The second kappa shape index (κ2) is 9.19. The predicted molar refractivity (Wildman–Crippen MR) is 127 cm³/mol. The lowest BCUT2D eigenvalue weighted by Crippen LogP contribution is -2.42. The Hall–Kier alpha value is -3.45. The number of ether oxygens (including phenoxy) is 2. The first-order chi connectivity index (χ1) is 16.1. The first-order valence-electron chi connectivity index (χ1n) is 11.3. The molecular weight excluding hydrogens is 416 g/mol. The molecule has 1 atom stereocenters. The molecule has 1 saturated heterocycles. The van der Waals surface area contributed by atoms with Gasteiger partial charge in [0.15, 0.2) is 0 Å². The van der Waals surface area contributed by atoms with Crippen molar-refractivity contribution in [2.75, 3.05) is 45.3 Å². The number of morpholine rings is 1. The number of carbonyl (C=O) groups is 1. The minimum Gasteiger partial charge on any atom is -0.497 e. The Morgan fingerprint density at radius 2 is 1.97 bits per heavy atom. The van der Waals surface area contributed by atoms with Gasteiger partial charge < -0.3 is 19.3 Å². The number of hydrogen-bond donors (Lipinski definition) is 0. The highest BCUT2D eigenvalue weighted by Gasteiger charge is 2.28. The van der Waals surface area contributed by atoms with Crippen LogP contribution in [0.1, 0.15) is 34.1 Å². The van der Waals surface area contributed by atoms with Gasteiger partial charge in [0, 0.05) is 37.0 Å². The Labute approximate surface area is 194 Å². The van der Waals surface area contributed by atoms with Crippen LogP contribution in [0.3, 0.4) is 0 Å². The fourth-order valence-corrected chi connectivity index (χ4v) is 4.55. The summed E-state index contributed by atoms with van der Waals surface area (Å²) in [6.07, 6.45) is 5.28. The van der Waals surface area contributed by atoms with Crippen molar-refractivity contribution in [3.63, 3.8) is 0 Å². The van der Waals surface area contributed by atoms with Crippen molar-refractivity contribution in [3.8, 4) is 17.0 Å². The van der Waals surface area contributed by atoms with E-state index in [1.165, 1.54) is 11.3 Å². The van der Waals surface area contributed by atoms with E-state index in [1.54, 1.807) is 19.5 Å². The number of anilines is 1. The van der Waals surface area contributed by atoms with E-state index in [0.717, 1.165) is 47.7 Å². The molecule has 3 heterocycles. The summed E-state index contributed by atoms with van der Waals surface area (Å²) < 4.78 is 11.2. The molecule has 2 aliphatic heterocycles. The molecule has 7 nitrogen and oxygen atoms in total. The Morgan fingerprint density at radius 3 is 2.79 bits per heavy atom. The molecule has 0 spiro atoms. The molecule has 1 aromatic heterocycles. The molecule has 170 valence electrons. The average molecular weight is 445 g/mol. The van der Waals surface area contributed by atoms with Gasteiger partial charge in [-0.2, -0.15) is 0 Å². The van der Waals surface area contributed by atoms with Crippen LogP contribution in [-0.2, 0) is 11.2 Å². The lowest BCUT2D eigenvalue weighted by Gasteiger charge is -2.33. The van der Waals surface area contributed by atoms with Gasteiger partial charge in [0.2, 0.25) is 0 Å². The van der Waals surface area contributed by atoms with E-state index in [-0.39, 0.29) is 12.0 Å². The highest BCUT2D eigenvalue weighted by molar-refractivity contribution is 5.95. The summed E-state index contributed by atoms with van der Waals surface area (Å²) >= 11 is 0. The summed E-state index contributed by atoms with van der Waals surface area (Å²) in [6, 6.07) is 13.8. The van der Waals surface area contributed by atoms with E-state index in [4.69, 9.17) is 14.5 Å². The Bertz CT molecular complexity index is 1150. The normalized spacial score (nSPS) is 18.1. The standard InChI is InChI=1S/C26H28N4O3/c1-29-11-3-4-19-14-20(7-10-24(19)29)26(31)30-12-13-33-25(17-30)23-16-27-15-22(28-23)18-5-8-21(32-2)9-6-18/h5-10,14-16,25H,3-4,11-13,17H2,1-2H3. The largest absolute Gasteiger partial charge is 0.497 e. The SMILES string of the molecule is COc1ccc(-c2cncc(C3CN(C(=O)c4ccc5c(c4)CCCN5C)CCO3)n2)cc1. The number of methoxy groups -OCH3 is 1. The maximum Gasteiger partial charge on any atom is 0.254 e. The zero-order valence-corrected chi connectivity index (χ0v) is 19.0. The number of carbonyl (C=O) groups excluding carboxylic acids is 1. The summed E-state index contributed by atoms with van der Waals surface area (Å²) in [5, 5.41) is 0. The van der Waals surface area contributed by atoms with Crippen LogP contribution in [0.4, 0.5) is 5.69 Å². The quantitative estimate of drug-likeness (QED) is 0.611. The Balaban J connectivity index is 1.33. The van der Waals surface area contributed by atoms with Gasteiger partial charge in [0.05, 0.1) is 44.0 Å². The third-order valence-electron chi connectivity index (χ3n) is 6.40. The number of hydrogen-bond acceptors (Lipinski definition) is 6. The summed E-state index contributed by atoms with van der Waals surface area (Å²) in [6.45, 7) is 2.55. The van der Waals surface area contributed by atoms with Gasteiger partial charge in [-0.3, -0.25) is 9.78 Å². The molecular formula is C26H28N4O3. The molecule has 2 aliphatic rings. The molecule has 0 radical (unpaired) electrons. The van der Waals surface area contributed by atoms with Crippen LogP contribution in [0.2, 0.25) is 0 Å². The van der Waals surface area contributed by atoms with E-state index in [1.807, 2.05) is 35.2 Å². The first kappa shape index (κ1) is 21.4. The van der Waals surface area contributed by atoms with E-state index in [2.05, 4.69) is 29.1 Å². The fourth-order valence-electron chi connectivity index (χ4n) is 4.55. The van der Waals surface area contributed by atoms with Crippen LogP contribution >= 0.6 is 0 Å². The van der Waals surface area contributed by atoms with E-state index in [9.17, 15) is 4.79 Å². The highest BCUT2D eigenvalue weighted by Crippen LogP contribution is 2.29. The highest BCUT2D eigenvalue weighted by atomic mass is 16.5. The lowest BCUT2D eigenvalue weighted by molar-refractivity contribution is -0.0248. The maximum atomic E-state index is 13.3. The van der Waals surface area contributed by atoms with Crippen LogP contribution in [0.15, 0.2) is 54.9 Å². The minimum absolute atomic E-state index is 0.0404. The number of nitrogens with zero attached hydrogens (tertiary/aromatic N) is 4. The molecule has 2 aromatic carbocycles. The van der Waals surface area contributed by atoms with Gasteiger partial charge >= 0.3 is 0 Å². The Morgan fingerprint density at radius 1 is 1.12 bits per heavy atom. The van der Waals surface area contributed by atoms with Gasteiger partial charge in [0.1, 0.15) is 11.9 Å². The smallest absolute Gasteiger partial charge is 0.254 e. The zero-order valence-electron chi connectivity index (χ0n) is 19.0. The van der Waals surface area contributed by atoms with Crippen LogP contribution < -0.4 is 9.64 Å².